The topological polar surface area (TPSA) is 115 Å². The van der Waals surface area contributed by atoms with Crippen LogP contribution in [0.25, 0.3) is 0 Å². The molecule has 1 aliphatic rings. The molecule has 1 saturated heterocycles. The van der Waals surface area contributed by atoms with Crippen LogP contribution in [0.4, 0.5) is 5.69 Å². The van der Waals surface area contributed by atoms with Gasteiger partial charge in [-0.1, -0.05) is 0 Å². The van der Waals surface area contributed by atoms with Crippen molar-refractivity contribution in [2.45, 2.75) is 38.1 Å². The summed E-state index contributed by atoms with van der Waals surface area (Å²) < 4.78 is 53.2. The largest absolute Gasteiger partial charge is 0.295 e. The van der Waals surface area contributed by atoms with Crippen molar-refractivity contribution in [1.82, 2.24) is 9.78 Å². The summed E-state index contributed by atoms with van der Waals surface area (Å²) >= 11 is 0. The molecule has 146 valence electrons. The van der Waals surface area contributed by atoms with Crippen LogP contribution < -0.4 is 4.72 Å². The highest BCUT2D eigenvalue weighted by Crippen LogP contribution is 2.29. The van der Waals surface area contributed by atoms with E-state index in [1.54, 1.807) is 26.0 Å². The first-order valence-corrected chi connectivity index (χ1v) is 11.7. The van der Waals surface area contributed by atoms with Gasteiger partial charge in [0.2, 0.25) is 0 Å². The van der Waals surface area contributed by atoms with Gasteiger partial charge in [0.15, 0.2) is 15.6 Å². The van der Waals surface area contributed by atoms with Crippen LogP contribution in [0.2, 0.25) is 0 Å². The number of anilines is 1. The highest BCUT2D eigenvalue weighted by molar-refractivity contribution is 7.92. The van der Waals surface area contributed by atoms with Crippen molar-refractivity contribution in [3.05, 3.63) is 41.2 Å². The SMILES string of the molecule is CC(=O)c1ccc(NS(=O)(=O)c2c(C)nn(C3CCS(=O)(=O)C3)c2C)cc1. The maximum absolute atomic E-state index is 12.9. The number of Topliss-reactive ketones (excluding diaryl/α,β-unsaturated/α-hetero) is 1. The molecule has 0 aliphatic carbocycles. The molecular weight excluding hydrogens is 390 g/mol. The van der Waals surface area contributed by atoms with Gasteiger partial charge in [-0.25, -0.2) is 16.8 Å². The van der Waals surface area contributed by atoms with E-state index < -0.39 is 19.9 Å². The standard InChI is InChI=1S/C17H21N3O5S2/c1-11-17(12(2)20(18-11)16-8-9-26(22,23)10-16)27(24,25)19-15-6-4-14(5-7-15)13(3)21/h4-7,16,19H,8-10H2,1-3H3. The molecule has 2 heterocycles. The average Bonchev–Trinajstić information content (AvgIpc) is 3.06. The number of hydrogen-bond donors (Lipinski definition) is 1. The monoisotopic (exact) mass is 411 g/mol. The van der Waals surface area contributed by atoms with Crippen molar-refractivity contribution in [2.24, 2.45) is 0 Å². The number of aromatic nitrogens is 2. The van der Waals surface area contributed by atoms with Gasteiger partial charge >= 0.3 is 0 Å². The Balaban J connectivity index is 1.92. The summed E-state index contributed by atoms with van der Waals surface area (Å²) in [6.45, 7) is 4.64. The van der Waals surface area contributed by atoms with E-state index in [9.17, 15) is 21.6 Å². The van der Waals surface area contributed by atoms with Crippen molar-refractivity contribution in [1.29, 1.82) is 0 Å². The maximum atomic E-state index is 12.9. The average molecular weight is 412 g/mol. The second-order valence-corrected chi connectivity index (χ2v) is 10.6. The summed E-state index contributed by atoms with van der Waals surface area (Å²) in [5.74, 6) is -0.0587. The Bertz CT molecular complexity index is 1100. The molecule has 3 rings (SSSR count). The van der Waals surface area contributed by atoms with E-state index in [-0.39, 0.29) is 28.2 Å². The predicted molar refractivity (Wildman–Crippen MR) is 101 cm³/mol. The molecule has 1 atom stereocenters. The lowest BCUT2D eigenvalue weighted by Gasteiger charge is -2.12. The third-order valence-corrected chi connectivity index (χ3v) is 8.01. The molecule has 1 aromatic carbocycles. The molecule has 27 heavy (non-hydrogen) atoms. The quantitative estimate of drug-likeness (QED) is 0.751. The predicted octanol–water partition coefficient (Wildman–Crippen LogP) is 1.86. The van der Waals surface area contributed by atoms with Gasteiger partial charge in [0, 0.05) is 11.3 Å². The number of benzene rings is 1. The minimum absolute atomic E-state index is 0.0333. The summed E-state index contributed by atoms with van der Waals surface area (Å²) in [6, 6.07) is 5.78. The molecule has 0 bridgehead atoms. The number of nitrogens with one attached hydrogen (secondary N) is 1. The summed E-state index contributed by atoms with van der Waals surface area (Å²) in [4.78, 5) is 11.4. The first-order chi connectivity index (χ1) is 12.5. The molecule has 1 unspecified atom stereocenters. The number of ketones is 1. The van der Waals surface area contributed by atoms with Crippen molar-refractivity contribution < 1.29 is 21.6 Å². The van der Waals surface area contributed by atoms with E-state index in [0.717, 1.165) is 0 Å². The third kappa shape index (κ3) is 3.91. The molecule has 1 aromatic heterocycles. The highest BCUT2D eigenvalue weighted by Gasteiger charge is 2.33. The Morgan fingerprint density at radius 3 is 2.37 bits per heavy atom. The molecule has 1 fully saturated rings. The van der Waals surface area contributed by atoms with E-state index >= 15 is 0 Å². The van der Waals surface area contributed by atoms with Crippen LogP contribution in [-0.2, 0) is 19.9 Å². The number of carbonyl (C=O) groups is 1. The second-order valence-electron chi connectivity index (χ2n) is 6.74. The minimum atomic E-state index is -3.91. The Morgan fingerprint density at radius 2 is 1.85 bits per heavy atom. The smallest absolute Gasteiger partial charge is 0.265 e. The lowest BCUT2D eigenvalue weighted by molar-refractivity contribution is 0.101. The normalized spacial score (nSPS) is 19.1. The van der Waals surface area contributed by atoms with Gasteiger partial charge in [-0.2, -0.15) is 5.10 Å². The van der Waals surface area contributed by atoms with E-state index in [0.29, 0.717) is 29.1 Å². The van der Waals surface area contributed by atoms with Crippen LogP contribution in [0.5, 0.6) is 0 Å². The molecule has 0 saturated carbocycles. The van der Waals surface area contributed by atoms with E-state index in [2.05, 4.69) is 9.82 Å². The summed E-state index contributed by atoms with van der Waals surface area (Å²) in [5, 5.41) is 4.29. The summed E-state index contributed by atoms with van der Waals surface area (Å²) in [7, 11) is -7.03. The van der Waals surface area contributed by atoms with Gasteiger partial charge < -0.3 is 0 Å². The van der Waals surface area contributed by atoms with Crippen LogP contribution in [0, 0.1) is 13.8 Å². The number of rotatable bonds is 5. The van der Waals surface area contributed by atoms with Gasteiger partial charge in [-0.15, -0.1) is 0 Å². The fourth-order valence-electron chi connectivity index (χ4n) is 3.34. The molecule has 2 aromatic rings. The number of hydrogen-bond acceptors (Lipinski definition) is 6. The summed E-state index contributed by atoms with van der Waals surface area (Å²) in [5.41, 5.74) is 1.53. The molecule has 1 N–H and O–H groups in total. The Morgan fingerprint density at radius 1 is 1.22 bits per heavy atom. The Hall–Kier alpha value is -2.20. The fraction of sp³-hybridized carbons (Fsp3) is 0.412. The molecule has 1 aliphatic heterocycles. The highest BCUT2D eigenvalue weighted by atomic mass is 32.2. The number of carbonyl (C=O) groups excluding carboxylic acids is 1. The van der Waals surface area contributed by atoms with Crippen LogP contribution in [0.15, 0.2) is 29.2 Å². The summed E-state index contributed by atoms with van der Waals surface area (Å²) in [6.07, 6.45) is 0.420. The van der Waals surface area contributed by atoms with Crippen LogP contribution in [-0.4, -0.2) is 43.9 Å². The third-order valence-electron chi connectivity index (χ3n) is 4.63. The minimum Gasteiger partial charge on any atom is -0.295 e. The molecule has 8 nitrogen and oxygen atoms in total. The van der Waals surface area contributed by atoms with Gasteiger partial charge in [0.25, 0.3) is 10.0 Å². The van der Waals surface area contributed by atoms with Crippen molar-refractivity contribution in [3.63, 3.8) is 0 Å². The number of nitrogens with zero attached hydrogens (tertiary/aromatic N) is 2. The molecule has 0 amide bonds. The zero-order valence-electron chi connectivity index (χ0n) is 15.3. The lowest BCUT2D eigenvalue weighted by atomic mass is 10.1. The second kappa shape index (κ2) is 6.75. The molecule has 10 heteroatoms. The lowest BCUT2D eigenvalue weighted by Crippen LogP contribution is -2.17. The van der Waals surface area contributed by atoms with Gasteiger partial charge in [-0.05, 0) is 51.5 Å². The van der Waals surface area contributed by atoms with Crippen molar-refractivity contribution in [2.75, 3.05) is 16.2 Å². The van der Waals surface area contributed by atoms with Crippen LogP contribution in [0.3, 0.4) is 0 Å². The molecular formula is C17H21N3O5S2. The Labute approximate surface area is 158 Å². The zero-order valence-corrected chi connectivity index (χ0v) is 16.9. The molecule has 0 spiro atoms. The fourth-order valence-corrected chi connectivity index (χ4v) is 6.49. The number of sulfone groups is 1. The van der Waals surface area contributed by atoms with Crippen molar-refractivity contribution in [3.8, 4) is 0 Å². The maximum Gasteiger partial charge on any atom is 0.265 e. The van der Waals surface area contributed by atoms with Crippen LogP contribution >= 0.6 is 0 Å². The van der Waals surface area contributed by atoms with E-state index in [4.69, 9.17) is 0 Å². The Kier molecular flexibility index (Phi) is 4.89. The van der Waals surface area contributed by atoms with Crippen molar-refractivity contribution >= 4 is 31.3 Å². The first-order valence-electron chi connectivity index (χ1n) is 8.40. The van der Waals surface area contributed by atoms with Gasteiger partial charge in [0.05, 0.1) is 28.9 Å². The van der Waals surface area contributed by atoms with Crippen LogP contribution in [0.1, 0.15) is 41.1 Å². The van der Waals surface area contributed by atoms with E-state index in [1.807, 2.05) is 0 Å². The zero-order chi connectivity index (χ0) is 20.0. The number of aryl methyl sites for hydroxylation is 1. The van der Waals surface area contributed by atoms with Gasteiger partial charge in [-0.3, -0.25) is 14.2 Å². The number of sulfonamides is 1. The van der Waals surface area contributed by atoms with E-state index in [1.165, 1.54) is 23.7 Å². The van der Waals surface area contributed by atoms with Gasteiger partial charge in [0.1, 0.15) is 4.90 Å². The molecule has 0 radical (unpaired) electrons. The first kappa shape index (κ1) is 19.6.